The maximum atomic E-state index is 12.5. The predicted molar refractivity (Wildman–Crippen MR) is 92.7 cm³/mol. The molecule has 1 unspecified atom stereocenters. The van der Waals surface area contributed by atoms with Crippen LogP contribution < -0.4 is 0 Å². The second-order valence-electron chi connectivity index (χ2n) is 7.00. The third-order valence-corrected chi connectivity index (χ3v) is 5.43. The number of likely N-dealkylation sites (tertiary alicyclic amines) is 1. The average molecular weight is 328 g/mol. The minimum Gasteiger partial charge on any atom is -0.481 e. The molecule has 1 fully saturated rings. The summed E-state index contributed by atoms with van der Waals surface area (Å²) in [5, 5.41) is 10.8. The van der Waals surface area contributed by atoms with Crippen molar-refractivity contribution in [3.63, 3.8) is 0 Å². The third-order valence-electron chi connectivity index (χ3n) is 5.43. The van der Waals surface area contributed by atoms with E-state index in [0.29, 0.717) is 32.5 Å². The summed E-state index contributed by atoms with van der Waals surface area (Å²) >= 11 is 0. The second kappa shape index (κ2) is 6.30. The summed E-state index contributed by atoms with van der Waals surface area (Å²) in [6, 6.07) is 10.1. The van der Waals surface area contributed by atoms with Crippen LogP contribution in [0.3, 0.4) is 0 Å². The first-order valence-electron chi connectivity index (χ1n) is 8.49. The fraction of sp³-hybridized carbons (Fsp3) is 0.474. The highest BCUT2D eigenvalue weighted by molar-refractivity contribution is 5.82. The molecule has 2 heterocycles. The Bertz CT molecular complexity index is 765. The third kappa shape index (κ3) is 2.79. The molecule has 1 aromatic heterocycles. The molecule has 1 N–H and O–H groups in total. The molecule has 24 heavy (non-hydrogen) atoms. The van der Waals surface area contributed by atoms with Gasteiger partial charge in [0.2, 0.25) is 5.91 Å². The molecule has 3 rings (SSSR count). The molecule has 1 aromatic carbocycles. The van der Waals surface area contributed by atoms with Gasteiger partial charge in [-0.2, -0.15) is 0 Å². The number of para-hydroxylation sites is 1. The van der Waals surface area contributed by atoms with E-state index in [1.165, 1.54) is 0 Å². The molecule has 1 aliphatic heterocycles. The van der Waals surface area contributed by atoms with Gasteiger partial charge in [-0.15, -0.1) is 0 Å². The van der Waals surface area contributed by atoms with E-state index >= 15 is 0 Å². The molecule has 1 amide bonds. The topological polar surface area (TPSA) is 62.5 Å². The molecule has 1 saturated heterocycles. The lowest BCUT2D eigenvalue weighted by Gasteiger charge is -2.28. The first-order chi connectivity index (χ1) is 11.4. The number of hydrogen-bond acceptors (Lipinski definition) is 2. The van der Waals surface area contributed by atoms with Crippen LogP contribution in [0.4, 0.5) is 0 Å². The molecule has 1 atom stereocenters. The highest BCUT2D eigenvalue weighted by Crippen LogP contribution is 2.38. The number of carboxylic acids is 1. The van der Waals surface area contributed by atoms with Gasteiger partial charge in [0.05, 0.1) is 5.41 Å². The van der Waals surface area contributed by atoms with Crippen molar-refractivity contribution in [3.8, 4) is 0 Å². The first kappa shape index (κ1) is 16.6. The summed E-state index contributed by atoms with van der Waals surface area (Å²) in [7, 11) is 0. The molecule has 0 spiro atoms. The summed E-state index contributed by atoms with van der Waals surface area (Å²) in [6.07, 6.45) is 2.93. The molecule has 2 aromatic rings. The lowest BCUT2D eigenvalue weighted by Crippen LogP contribution is -2.40. The number of aromatic nitrogens is 1. The zero-order valence-corrected chi connectivity index (χ0v) is 14.2. The molecule has 0 saturated carbocycles. The summed E-state index contributed by atoms with van der Waals surface area (Å²) in [5.41, 5.74) is 0.323. The number of hydrogen-bond donors (Lipinski definition) is 1. The normalized spacial score (nSPS) is 20.9. The summed E-state index contributed by atoms with van der Waals surface area (Å²) in [4.78, 5) is 25.9. The second-order valence-corrected chi connectivity index (χ2v) is 7.00. The smallest absolute Gasteiger partial charge is 0.311 e. The lowest BCUT2D eigenvalue weighted by atomic mass is 9.76. The molecule has 0 bridgehead atoms. The van der Waals surface area contributed by atoms with Gasteiger partial charge < -0.3 is 14.6 Å². The van der Waals surface area contributed by atoms with Crippen molar-refractivity contribution in [1.82, 2.24) is 9.47 Å². The summed E-state index contributed by atoms with van der Waals surface area (Å²) < 4.78 is 2.08. The van der Waals surface area contributed by atoms with Gasteiger partial charge in [0.15, 0.2) is 0 Å². The van der Waals surface area contributed by atoms with Crippen LogP contribution in [0.15, 0.2) is 36.5 Å². The van der Waals surface area contributed by atoms with E-state index in [1.807, 2.05) is 44.3 Å². The van der Waals surface area contributed by atoms with Crippen LogP contribution in [0.1, 0.15) is 26.7 Å². The van der Waals surface area contributed by atoms with Gasteiger partial charge in [0.1, 0.15) is 0 Å². The van der Waals surface area contributed by atoms with Crippen molar-refractivity contribution in [2.75, 3.05) is 13.1 Å². The number of aryl methyl sites for hydroxylation is 1. The van der Waals surface area contributed by atoms with Crippen LogP contribution in [-0.4, -0.2) is 39.5 Å². The van der Waals surface area contributed by atoms with Crippen molar-refractivity contribution in [2.24, 2.45) is 11.3 Å². The summed E-state index contributed by atoms with van der Waals surface area (Å²) in [5.74, 6) is -0.734. The Morgan fingerprint density at radius 1 is 1.25 bits per heavy atom. The van der Waals surface area contributed by atoms with Crippen LogP contribution in [0, 0.1) is 11.3 Å². The van der Waals surface area contributed by atoms with Crippen molar-refractivity contribution < 1.29 is 14.7 Å². The fourth-order valence-corrected chi connectivity index (χ4v) is 3.65. The Labute approximate surface area is 141 Å². The fourth-order valence-electron chi connectivity index (χ4n) is 3.65. The van der Waals surface area contributed by atoms with Crippen LogP contribution in [0.25, 0.3) is 10.9 Å². The van der Waals surface area contributed by atoms with E-state index in [9.17, 15) is 14.7 Å². The highest BCUT2D eigenvalue weighted by atomic mass is 16.4. The van der Waals surface area contributed by atoms with Gasteiger partial charge in [-0.3, -0.25) is 9.59 Å². The van der Waals surface area contributed by atoms with E-state index in [-0.39, 0.29) is 11.8 Å². The number of carboxylic acid groups (broad SMARTS) is 1. The van der Waals surface area contributed by atoms with E-state index in [1.54, 1.807) is 4.90 Å². The van der Waals surface area contributed by atoms with Gasteiger partial charge >= 0.3 is 5.97 Å². The van der Waals surface area contributed by atoms with Crippen molar-refractivity contribution in [2.45, 2.75) is 33.2 Å². The number of amides is 1. The van der Waals surface area contributed by atoms with E-state index < -0.39 is 11.4 Å². The van der Waals surface area contributed by atoms with E-state index in [4.69, 9.17) is 0 Å². The average Bonchev–Trinajstić information content (AvgIpc) is 3.18. The van der Waals surface area contributed by atoms with Crippen LogP contribution in [0.2, 0.25) is 0 Å². The maximum absolute atomic E-state index is 12.5. The van der Waals surface area contributed by atoms with Gasteiger partial charge in [0.25, 0.3) is 0 Å². The van der Waals surface area contributed by atoms with Crippen molar-refractivity contribution >= 4 is 22.8 Å². The van der Waals surface area contributed by atoms with E-state index in [2.05, 4.69) is 10.6 Å². The van der Waals surface area contributed by atoms with E-state index in [0.717, 1.165) is 10.9 Å². The number of nitrogens with zero attached hydrogens (tertiary/aromatic N) is 2. The number of rotatable bonds is 5. The van der Waals surface area contributed by atoms with Crippen LogP contribution in [0.5, 0.6) is 0 Å². The Kier molecular flexibility index (Phi) is 4.35. The molecule has 5 nitrogen and oxygen atoms in total. The zero-order valence-electron chi connectivity index (χ0n) is 14.2. The first-order valence-corrected chi connectivity index (χ1v) is 8.49. The Morgan fingerprint density at radius 2 is 2.00 bits per heavy atom. The Balaban J connectivity index is 1.65. The molecular weight excluding hydrogens is 304 g/mol. The maximum Gasteiger partial charge on any atom is 0.311 e. The zero-order chi connectivity index (χ0) is 17.3. The van der Waals surface area contributed by atoms with Gasteiger partial charge in [-0.1, -0.05) is 32.0 Å². The lowest BCUT2D eigenvalue weighted by molar-refractivity contribution is -0.151. The van der Waals surface area contributed by atoms with Gasteiger partial charge in [0, 0.05) is 37.8 Å². The predicted octanol–water partition coefficient (Wildman–Crippen LogP) is 2.99. The SMILES string of the molecule is CC(C)C1(C(=O)O)CCN(C(=O)CCn2ccc3ccccc32)C1. The van der Waals surface area contributed by atoms with Crippen molar-refractivity contribution in [1.29, 1.82) is 0 Å². The molecule has 0 aliphatic carbocycles. The molecular formula is C19H24N2O3. The minimum atomic E-state index is -0.796. The van der Waals surface area contributed by atoms with Gasteiger partial charge in [-0.05, 0) is 29.9 Å². The molecule has 128 valence electrons. The monoisotopic (exact) mass is 328 g/mol. The standard InChI is InChI=1S/C19H24N2O3/c1-14(2)19(18(23)24)9-12-21(13-19)17(22)8-11-20-10-7-15-5-3-4-6-16(15)20/h3-7,10,14H,8-9,11-13H2,1-2H3,(H,23,24). The number of carbonyl (C=O) groups is 2. The number of benzene rings is 1. The Morgan fingerprint density at radius 3 is 2.67 bits per heavy atom. The minimum absolute atomic E-state index is 0.0150. The van der Waals surface area contributed by atoms with Crippen LogP contribution in [-0.2, 0) is 16.1 Å². The molecule has 0 radical (unpaired) electrons. The molecule has 1 aliphatic rings. The van der Waals surface area contributed by atoms with Gasteiger partial charge in [-0.25, -0.2) is 0 Å². The number of carbonyl (C=O) groups excluding carboxylic acids is 1. The Hall–Kier alpha value is -2.30. The van der Waals surface area contributed by atoms with Crippen LogP contribution >= 0.6 is 0 Å². The molecule has 5 heteroatoms. The van der Waals surface area contributed by atoms with Crippen molar-refractivity contribution in [3.05, 3.63) is 36.5 Å². The quantitative estimate of drug-likeness (QED) is 0.918. The largest absolute Gasteiger partial charge is 0.481 e. The summed E-state index contributed by atoms with van der Waals surface area (Å²) in [6.45, 7) is 5.33. The number of fused-ring (bicyclic) bond motifs is 1. The highest BCUT2D eigenvalue weighted by Gasteiger charge is 2.48. The number of aliphatic carboxylic acids is 1.